The number of aliphatic hydroxyl groups excluding tert-OH is 1. The van der Waals surface area contributed by atoms with E-state index < -0.39 is 11.5 Å². The number of hydrogen-bond donors (Lipinski definition) is 1. The van der Waals surface area contributed by atoms with E-state index >= 15 is 0 Å². The lowest BCUT2D eigenvalue weighted by Gasteiger charge is -2.62. The first kappa shape index (κ1) is 30.8. The van der Waals surface area contributed by atoms with Crippen LogP contribution in [0.5, 0.6) is 0 Å². The quantitative estimate of drug-likeness (QED) is 0.271. The van der Waals surface area contributed by atoms with Gasteiger partial charge in [0.15, 0.2) is 0 Å². The molecule has 0 aromatic heterocycles. The van der Waals surface area contributed by atoms with Gasteiger partial charge in [0.05, 0.1) is 17.9 Å². The standard InChI is InChI=1S/C34H54O7/c1-7-32(3,4)31(38)41-22-12-14-33(5)21(16-22)17-27(35)30-25-10-9-24(34(25,6)15-13-26(30)33)20(2)8-11-28(36)40-23-18-29(37)39-19-23/h20-27,30,35H,7-19H2,1-6H3. The second-order valence-electron chi connectivity index (χ2n) is 15.6. The van der Waals surface area contributed by atoms with Gasteiger partial charge in [0.25, 0.3) is 0 Å². The summed E-state index contributed by atoms with van der Waals surface area (Å²) in [5, 5.41) is 11.7. The minimum atomic E-state index is -0.451. The first-order chi connectivity index (χ1) is 19.3. The van der Waals surface area contributed by atoms with Crippen LogP contribution in [0.1, 0.15) is 119 Å². The van der Waals surface area contributed by atoms with Crippen molar-refractivity contribution in [2.45, 2.75) is 137 Å². The molecule has 5 fully saturated rings. The van der Waals surface area contributed by atoms with E-state index in [0.717, 1.165) is 57.8 Å². The summed E-state index contributed by atoms with van der Waals surface area (Å²) in [5.41, 5.74) is -0.0837. The van der Waals surface area contributed by atoms with Crippen molar-refractivity contribution < 1.29 is 33.7 Å². The number of rotatable bonds is 8. The second kappa shape index (κ2) is 11.5. The van der Waals surface area contributed by atoms with Crippen LogP contribution in [0.15, 0.2) is 0 Å². The van der Waals surface area contributed by atoms with Gasteiger partial charge in [0.1, 0.15) is 18.8 Å². The summed E-state index contributed by atoms with van der Waals surface area (Å²) < 4.78 is 16.4. The minimum Gasteiger partial charge on any atom is -0.462 e. The molecule has 11 unspecified atom stereocenters. The fourth-order valence-electron chi connectivity index (χ4n) is 10.1. The number of ether oxygens (including phenoxy) is 3. The molecule has 5 rings (SSSR count). The average molecular weight is 575 g/mol. The molecule has 11 atom stereocenters. The van der Waals surface area contributed by atoms with Crippen LogP contribution < -0.4 is 0 Å². The number of hydrogen-bond acceptors (Lipinski definition) is 7. The number of aliphatic hydroxyl groups is 1. The molecule has 0 aromatic carbocycles. The molecule has 41 heavy (non-hydrogen) atoms. The van der Waals surface area contributed by atoms with E-state index in [1.54, 1.807) is 0 Å². The van der Waals surface area contributed by atoms with Crippen molar-refractivity contribution in [2.24, 2.45) is 51.8 Å². The molecule has 232 valence electrons. The Bertz CT molecular complexity index is 1010. The van der Waals surface area contributed by atoms with Crippen molar-refractivity contribution >= 4 is 17.9 Å². The molecule has 0 bridgehead atoms. The largest absolute Gasteiger partial charge is 0.462 e. The number of carbonyl (C=O) groups excluding carboxylic acids is 3. The molecule has 4 saturated carbocycles. The first-order valence-electron chi connectivity index (χ1n) is 16.5. The van der Waals surface area contributed by atoms with Gasteiger partial charge in [0.2, 0.25) is 0 Å². The Hall–Kier alpha value is -1.63. The van der Waals surface area contributed by atoms with Crippen molar-refractivity contribution in [3.05, 3.63) is 0 Å². The van der Waals surface area contributed by atoms with Crippen LogP contribution in [0.4, 0.5) is 0 Å². The predicted octanol–water partition coefficient (Wildman–Crippen LogP) is 6.24. The van der Waals surface area contributed by atoms with E-state index in [0.29, 0.717) is 41.9 Å². The van der Waals surface area contributed by atoms with Crippen molar-refractivity contribution in [1.29, 1.82) is 0 Å². The van der Waals surface area contributed by atoms with Gasteiger partial charge in [-0.25, -0.2) is 0 Å². The van der Waals surface area contributed by atoms with Gasteiger partial charge in [-0.05, 0) is 124 Å². The monoisotopic (exact) mass is 574 g/mol. The lowest BCUT2D eigenvalue weighted by Crippen LogP contribution is -2.59. The zero-order valence-corrected chi connectivity index (χ0v) is 26.3. The van der Waals surface area contributed by atoms with Crippen LogP contribution in [-0.4, -0.2) is 47.9 Å². The van der Waals surface area contributed by atoms with Gasteiger partial charge in [-0.2, -0.15) is 0 Å². The van der Waals surface area contributed by atoms with Crippen molar-refractivity contribution in [2.75, 3.05) is 6.61 Å². The third-order valence-corrected chi connectivity index (χ3v) is 13.0. The molecule has 0 amide bonds. The lowest BCUT2D eigenvalue weighted by atomic mass is 9.43. The van der Waals surface area contributed by atoms with Crippen molar-refractivity contribution in [3.63, 3.8) is 0 Å². The SMILES string of the molecule is CCC(C)(C)C(=O)OC1CCC2(C)C(C1)CC(O)C1C2CCC2(C)C(C(C)CCC(=O)OC3COC(=O)C3)CCC12. The van der Waals surface area contributed by atoms with Crippen molar-refractivity contribution in [1.82, 2.24) is 0 Å². The zero-order valence-electron chi connectivity index (χ0n) is 26.3. The highest BCUT2D eigenvalue weighted by molar-refractivity contribution is 5.76. The predicted molar refractivity (Wildman–Crippen MR) is 154 cm³/mol. The molecule has 4 aliphatic carbocycles. The van der Waals surface area contributed by atoms with Gasteiger partial charge < -0.3 is 19.3 Å². The fraction of sp³-hybridized carbons (Fsp3) is 0.912. The molecule has 1 aliphatic heterocycles. The normalized spacial score (nSPS) is 42.9. The summed E-state index contributed by atoms with van der Waals surface area (Å²) in [6.07, 6.45) is 9.65. The Morgan fingerprint density at radius 2 is 1.73 bits per heavy atom. The van der Waals surface area contributed by atoms with E-state index in [1.807, 2.05) is 20.8 Å². The lowest BCUT2D eigenvalue weighted by molar-refractivity contribution is -0.186. The second-order valence-corrected chi connectivity index (χ2v) is 15.6. The van der Waals surface area contributed by atoms with Gasteiger partial charge in [-0.15, -0.1) is 0 Å². The van der Waals surface area contributed by atoms with Crippen LogP contribution in [-0.2, 0) is 28.6 Å². The highest BCUT2D eigenvalue weighted by Crippen LogP contribution is 2.68. The molecule has 7 nitrogen and oxygen atoms in total. The minimum absolute atomic E-state index is 0.0332. The molecule has 0 radical (unpaired) electrons. The number of esters is 3. The maximum Gasteiger partial charge on any atom is 0.311 e. The van der Waals surface area contributed by atoms with Gasteiger partial charge >= 0.3 is 17.9 Å². The summed E-state index contributed by atoms with van der Waals surface area (Å²) in [7, 11) is 0. The topological polar surface area (TPSA) is 99.1 Å². The number of cyclic esters (lactones) is 1. The summed E-state index contributed by atoms with van der Waals surface area (Å²) in [6.45, 7) is 13.4. The summed E-state index contributed by atoms with van der Waals surface area (Å²) in [5.74, 6) is 2.06. The summed E-state index contributed by atoms with van der Waals surface area (Å²) in [6, 6.07) is 0. The van der Waals surface area contributed by atoms with Crippen LogP contribution >= 0.6 is 0 Å². The molecular weight excluding hydrogens is 520 g/mol. The molecule has 0 spiro atoms. The molecule has 0 aromatic rings. The van der Waals surface area contributed by atoms with E-state index in [-0.39, 0.29) is 54.0 Å². The van der Waals surface area contributed by atoms with Gasteiger partial charge in [-0.1, -0.05) is 27.7 Å². The molecule has 7 heteroatoms. The fourth-order valence-corrected chi connectivity index (χ4v) is 10.1. The number of carbonyl (C=O) groups is 3. The Labute approximate surface area is 246 Å². The summed E-state index contributed by atoms with van der Waals surface area (Å²) >= 11 is 0. The maximum absolute atomic E-state index is 12.8. The Morgan fingerprint density at radius 1 is 1.02 bits per heavy atom. The molecule has 5 aliphatic rings. The highest BCUT2D eigenvalue weighted by Gasteiger charge is 2.63. The zero-order chi connectivity index (χ0) is 29.7. The van der Waals surface area contributed by atoms with E-state index in [1.165, 1.54) is 6.42 Å². The van der Waals surface area contributed by atoms with E-state index in [4.69, 9.17) is 14.2 Å². The number of fused-ring (bicyclic) bond motifs is 5. The van der Waals surface area contributed by atoms with E-state index in [9.17, 15) is 19.5 Å². The first-order valence-corrected chi connectivity index (χ1v) is 16.5. The molecule has 1 heterocycles. The van der Waals surface area contributed by atoms with Gasteiger partial charge in [0, 0.05) is 6.42 Å². The molecule has 1 saturated heterocycles. The highest BCUT2D eigenvalue weighted by atomic mass is 16.6. The average Bonchev–Trinajstić information content (AvgIpc) is 3.49. The third kappa shape index (κ3) is 5.70. The van der Waals surface area contributed by atoms with Crippen molar-refractivity contribution in [3.8, 4) is 0 Å². The Balaban J connectivity index is 1.20. The van der Waals surface area contributed by atoms with Crippen LogP contribution in [0, 0.1) is 51.8 Å². The smallest absolute Gasteiger partial charge is 0.311 e. The molecule has 1 N–H and O–H groups in total. The summed E-state index contributed by atoms with van der Waals surface area (Å²) in [4.78, 5) is 36.6. The third-order valence-electron chi connectivity index (χ3n) is 13.0. The van der Waals surface area contributed by atoms with Crippen LogP contribution in [0.2, 0.25) is 0 Å². The van der Waals surface area contributed by atoms with Gasteiger partial charge in [-0.3, -0.25) is 14.4 Å². The van der Waals surface area contributed by atoms with Crippen LogP contribution in [0.25, 0.3) is 0 Å². The maximum atomic E-state index is 12.8. The Morgan fingerprint density at radius 3 is 2.41 bits per heavy atom. The Kier molecular flexibility index (Phi) is 8.62. The van der Waals surface area contributed by atoms with Crippen LogP contribution in [0.3, 0.4) is 0 Å². The molecular formula is C34H54O7. The van der Waals surface area contributed by atoms with E-state index in [2.05, 4.69) is 20.8 Å².